The average Bonchev–Trinajstić information content (AvgIpc) is 3.06. The number of fused-ring (bicyclic) bond motifs is 1. The van der Waals surface area contributed by atoms with E-state index in [2.05, 4.69) is 10.2 Å². The molecule has 0 aliphatic carbocycles. The van der Waals surface area contributed by atoms with Crippen molar-refractivity contribution < 1.29 is 24.9 Å². The Hall–Kier alpha value is -3.85. The van der Waals surface area contributed by atoms with Gasteiger partial charge in [0.05, 0.1) is 11.3 Å². The number of aromatic hydroxyl groups is 2. The SMILES string of the molecule is O=C(O)COc1ccc2cccc(-n3c(-c4ccc(O)cc4O)n[nH]c3=S)c2c1. The maximum Gasteiger partial charge on any atom is 0.341 e. The Morgan fingerprint density at radius 1 is 1.14 bits per heavy atom. The number of phenols is 2. The first kappa shape index (κ1) is 18.5. The third-order valence-corrected chi connectivity index (χ3v) is 4.60. The third-order valence-electron chi connectivity index (χ3n) is 4.33. The molecule has 1 aromatic heterocycles. The minimum atomic E-state index is -1.07. The van der Waals surface area contributed by atoms with Crippen molar-refractivity contribution in [1.82, 2.24) is 14.8 Å². The Morgan fingerprint density at radius 3 is 2.72 bits per heavy atom. The summed E-state index contributed by atoms with van der Waals surface area (Å²) in [6.45, 7) is -0.453. The molecule has 0 saturated heterocycles. The molecule has 0 fully saturated rings. The fourth-order valence-corrected chi connectivity index (χ4v) is 3.31. The fraction of sp³-hybridized carbons (Fsp3) is 0.0500. The summed E-state index contributed by atoms with van der Waals surface area (Å²) >= 11 is 5.41. The highest BCUT2D eigenvalue weighted by atomic mass is 32.1. The maximum absolute atomic E-state index is 10.8. The molecule has 0 saturated carbocycles. The average molecular weight is 409 g/mol. The van der Waals surface area contributed by atoms with Crippen LogP contribution < -0.4 is 4.74 Å². The molecule has 3 aromatic carbocycles. The topological polar surface area (TPSA) is 121 Å². The van der Waals surface area contributed by atoms with Crippen LogP contribution >= 0.6 is 12.2 Å². The van der Waals surface area contributed by atoms with Gasteiger partial charge in [0.15, 0.2) is 17.2 Å². The van der Waals surface area contributed by atoms with Crippen LogP contribution in [0.5, 0.6) is 17.2 Å². The monoisotopic (exact) mass is 409 g/mol. The van der Waals surface area contributed by atoms with Gasteiger partial charge in [-0.05, 0) is 47.9 Å². The van der Waals surface area contributed by atoms with Gasteiger partial charge in [0.2, 0.25) is 0 Å². The second-order valence-electron chi connectivity index (χ2n) is 6.23. The molecule has 4 aromatic rings. The first-order valence-electron chi connectivity index (χ1n) is 8.51. The van der Waals surface area contributed by atoms with Gasteiger partial charge in [-0.3, -0.25) is 9.67 Å². The van der Waals surface area contributed by atoms with E-state index < -0.39 is 12.6 Å². The number of aromatic amines is 1. The quantitative estimate of drug-likeness (QED) is 0.372. The van der Waals surface area contributed by atoms with Gasteiger partial charge in [-0.25, -0.2) is 4.79 Å². The Morgan fingerprint density at radius 2 is 1.97 bits per heavy atom. The highest BCUT2D eigenvalue weighted by Gasteiger charge is 2.17. The molecule has 4 rings (SSSR count). The Balaban J connectivity index is 1.91. The second kappa shape index (κ2) is 7.28. The van der Waals surface area contributed by atoms with E-state index in [4.69, 9.17) is 22.1 Å². The largest absolute Gasteiger partial charge is 0.508 e. The molecule has 4 N–H and O–H groups in total. The lowest BCUT2D eigenvalue weighted by atomic mass is 10.1. The molecule has 0 atom stereocenters. The number of phenolic OH excluding ortho intramolecular Hbond substituents is 2. The number of aliphatic carboxylic acids is 1. The van der Waals surface area contributed by atoms with Crippen molar-refractivity contribution in [3.8, 4) is 34.3 Å². The zero-order valence-corrected chi connectivity index (χ0v) is 15.7. The molecule has 29 heavy (non-hydrogen) atoms. The number of rotatable bonds is 5. The van der Waals surface area contributed by atoms with Crippen LogP contribution in [0.3, 0.4) is 0 Å². The van der Waals surface area contributed by atoms with Crippen LogP contribution in [-0.4, -0.2) is 42.7 Å². The van der Waals surface area contributed by atoms with E-state index in [-0.39, 0.29) is 11.5 Å². The first-order chi connectivity index (χ1) is 13.9. The van der Waals surface area contributed by atoms with Gasteiger partial charge in [0, 0.05) is 11.5 Å². The molecule has 8 nitrogen and oxygen atoms in total. The van der Waals surface area contributed by atoms with Gasteiger partial charge in [-0.2, -0.15) is 5.10 Å². The van der Waals surface area contributed by atoms with E-state index in [1.165, 1.54) is 12.1 Å². The number of aromatic nitrogens is 3. The zero-order chi connectivity index (χ0) is 20.5. The molecule has 0 amide bonds. The smallest absolute Gasteiger partial charge is 0.341 e. The molecule has 0 bridgehead atoms. The van der Waals surface area contributed by atoms with Crippen molar-refractivity contribution in [3.63, 3.8) is 0 Å². The van der Waals surface area contributed by atoms with E-state index in [0.717, 1.165) is 10.8 Å². The van der Waals surface area contributed by atoms with Crippen molar-refractivity contribution in [2.75, 3.05) is 6.61 Å². The predicted molar refractivity (Wildman–Crippen MR) is 108 cm³/mol. The van der Waals surface area contributed by atoms with Gasteiger partial charge in [0.1, 0.15) is 17.2 Å². The minimum Gasteiger partial charge on any atom is -0.508 e. The Labute approximate surface area is 169 Å². The lowest BCUT2D eigenvalue weighted by Gasteiger charge is -2.12. The summed E-state index contributed by atoms with van der Waals surface area (Å²) in [6, 6.07) is 15.0. The number of hydrogen-bond acceptors (Lipinski definition) is 6. The third kappa shape index (κ3) is 3.50. The van der Waals surface area contributed by atoms with Gasteiger partial charge in [-0.1, -0.05) is 18.2 Å². The minimum absolute atomic E-state index is 0.0719. The molecule has 9 heteroatoms. The van der Waals surface area contributed by atoms with Crippen LogP contribution in [0.4, 0.5) is 0 Å². The van der Waals surface area contributed by atoms with Crippen LogP contribution in [0.2, 0.25) is 0 Å². The first-order valence-corrected chi connectivity index (χ1v) is 8.92. The molecule has 0 radical (unpaired) electrons. The fourth-order valence-electron chi connectivity index (χ4n) is 3.08. The predicted octanol–water partition coefficient (Wildman–Crippen LogP) is 3.62. The standard InChI is InChI=1S/C20H15N3O5S/c24-12-5-7-14(17(25)8-12)19-21-22-20(29)23(19)16-3-1-2-11-4-6-13(9-15(11)16)28-10-18(26)27/h1-9,24-25H,10H2,(H,22,29)(H,26,27). The normalized spacial score (nSPS) is 10.9. The molecule has 0 aliphatic rings. The molecular weight excluding hydrogens is 394 g/mol. The van der Waals surface area contributed by atoms with E-state index >= 15 is 0 Å². The van der Waals surface area contributed by atoms with E-state index in [1.807, 2.05) is 24.3 Å². The van der Waals surface area contributed by atoms with Crippen molar-refractivity contribution >= 4 is 29.0 Å². The second-order valence-corrected chi connectivity index (χ2v) is 6.62. The number of carboxylic acids is 1. The van der Waals surface area contributed by atoms with Crippen molar-refractivity contribution in [1.29, 1.82) is 0 Å². The summed E-state index contributed by atoms with van der Waals surface area (Å²) in [5, 5.41) is 37.3. The van der Waals surface area contributed by atoms with Gasteiger partial charge in [-0.15, -0.1) is 0 Å². The van der Waals surface area contributed by atoms with E-state index in [9.17, 15) is 15.0 Å². The number of hydrogen-bond donors (Lipinski definition) is 4. The number of carboxylic acid groups (broad SMARTS) is 1. The van der Waals surface area contributed by atoms with Crippen LogP contribution in [0, 0.1) is 4.77 Å². The molecule has 0 unspecified atom stereocenters. The van der Waals surface area contributed by atoms with E-state index in [0.29, 0.717) is 27.6 Å². The van der Waals surface area contributed by atoms with Gasteiger partial charge < -0.3 is 20.1 Å². The highest BCUT2D eigenvalue weighted by Crippen LogP contribution is 2.34. The molecule has 0 spiro atoms. The summed E-state index contributed by atoms with van der Waals surface area (Å²) in [7, 11) is 0. The van der Waals surface area contributed by atoms with Crippen LogP contribution in [0.25, 0.3) is 27.8 Å². The molecule has 1 heterocycles. The Bertz CT molecular complexity index is 1300. The summed E-state index contributed by atoms with van der Waals surface area (Å²) in [5.41, 5.74) is 1.05. The lowest BCUT2D eigenvalue weighted by Crippen LogP contribution is -2.09. The number of ether oxygens (including phenoxy) is 1. The van der Waals surface area contributed by atoms with Crippen molar-refractivity contribution in [2.24, 2.45) is 0 Å². The highest BCUT2D eigenvalue weighted by molar-refractivity contribution is 7.71. The zero-order valence-electron chi connectivity index (χ0n) is 14.9. The summed E-state index contributed by atoms with van der Waals surface area (Å²) in [5.74, 6) is -0.530. The number of H-pyrrole nitrogens is 1. The number of nitrogens with zero attached hydrogens (tertiary/aromatic N) is 2. The summed E-state index contributed by atoms with van der Waals surface area (Å²) in [4.78, 5) is 10.8. The van der Waals surface area contributed by atoms with Gasteiger partial charge in [0.25, 0.3) is 0 Å². The maximum atomic E-state index is 10.8. The molecular formula is C20H15N3O5S. The summed E-state index contributed by atoms with van der Waals surface area (Å²) < 4.78 is 7.26. The van der Waals surface area contributed by atoms with Crippen molar-refractivity contribution in [2.45, 2.75) is 0 Å². The number of nitrogens with one attached hydrogen (secondary N) is 1. The molecule has 146 valence electrons. The molecule has 0 aliphatic heterocycles. The number of benzene rings is 3. The van der Waals surface area contributed by atoms with Gasteiger partial charge >= 0.3 is 5.97 Å². The van der Waals surface area contributed by atoms with Crippen LogP contribution in [-0.2, 0) is 4.79 Å². The van der Waals surface area contributed by atoms with Crippen LogP contribution in [0.1, 0.15) is 0 Å². The number of carbonyl (C=O) groups is 1. The van der Waals surface area contributed by atoms with Crippen LogP contribution in [0.15, 0.2) is 54.6 Å². The summed E-state index contributed by atoms with van der Waals surface area (Å²) in [6.07, 6.45) is 0. The van der Waals surface area contributed by atoms with E-state index in [1.54, 1.807) is 22.8 Å². The van der Waals surface area contributed by atoms with Crippen molar-refractivity contribution in [3.05, 3.63) is 59.4 Å². The lowest BCUT2D eigenvalue weighted by molar-refractivity contribution is -0.139. The Kier molecular flexibility index (Phi) is 4.65.